The molecule has 0 saturated carbocycles. The van der Waals surface area contributed by atoms with Crippen molar-refractivity contribution in [3.8, 4) is 0 Å². The molecule has 0 spiro atoms. The van der Waals surface area contributed by atoms with Crippen LogP contribution in [-0.4, -0.2) is 29.2 Å². The van der Waals surface area contributed by atoms with Crippen molar-refractivity contribution >= 4 is 23.5 Å². The first-order valence-electron chi connectivity index (χ1n) is 6.85. The summed E-state index contributed by atoms with van der Waals surface area (Å²) >= 11 is 6.05. The Morgan fingerprint density at radius 3 is 2.70 bits per heavy atom. The molecule has 1 amide bonds. The molecular weight excluding hydrogens is 325 g/mol. The summed E-state index contributed by atoms with van der Waals surface area (Å²) in [7, 11) is 1.15. The molecule has 2 N–H and O–H groups in total. The fourth-order valence-corrected chi connectivity index (χ4v) is 2.34. The highest BCUT2D eigenvalue weighted by molar-refractivity contribution is 6.34. The van der Waals surface area contributed by atoms with Crippen LogP contribution in [0.5, 0.6) is 0 Å². The predicted octanol–water partition coefficient (Wildman–Crippen LogP) is 2.41. The highest BCUT2D eigenvalue weighted by atomic mass is 35.5. The molecule has 8 heteroatoms. The molecule has 0 aliphatic carbocycles. The number of hydrogen-bond acceptors (Lipinski definition) is 4. The third-order valence-electron chi connectivity index (χ3n) is 3.27. The maximum atomic E-state index is 13.9. The summed E-state index contributed by atoms with van der Waals surface area (Å²) in [6.45, 7) is 1.84. The Kier molecular flexibility index (Phi) is 5.33. The molecule has 122 valence electrons. The highest BCUT2D eigenvalue weighted by Crippen LogP contribution is 2.22. The van der Waals surface area contributed by atoms with E-state index in [4.69, 9.17) is 11.6 Å². The first-order chi connectivity index (χ1) is 11.0. The number of H-pyrrole nitrogens is 1. The van der Waals surface area contributed by atoms with E-state index in [0.717, 1.165) is 7.11 Å². The van der Waals surface area contributed by atoms with Crippen LogP contribution in [0.25, 0.3) is 0 Å². The number of carbonyl (C=O) groups is 2. The van der Waals surface area contributed by atoms with Gasteiger partial charge in [-0.1, -0.05) is 36.7 Å². The van der Waals surface area contributed by atoms with E-state index >= 15 is 0 Å². The summed E-state index contributed by atoms with van der Waals surface area (Å²) in [6.07, 6.45) is 0.562. The van der Waals surface area contributed by atoms with Gasteiger partial charge in [0.2, 0.25) is 0 Å². The van der Waals surface area contributed by atoms with E-state index in [1.165, 1.54) is 18.2 Å². The average molecular weight is 340 g/mol. The number of nitrogens with one attached hydrogen (secondary N) is 2. The largest absolute Gasteiger partial charge is 0.467 e. The molecule has 0 saturated heterocycles. The van der Waals surface area contributed by atoms with Crippen LogP contribution < -0.4 is 5.32 Å². The average Bonchev–Trinajstić information content (AvgIpc) is 2.93. The van der Waals surface area contributed by atoms with Crippen LogP contribution in [-0.2, 0) is 16.0 Å². The monoisotopic (exact) mass is 339 g/mol. The van der Waals surface area contributed by atoms with Crippen molar-refractivity contribution in [1.82, 2.24) is 15.5 Å². The second-order valence-electron chi connectivity index (χ2n) is 4.67. The van der Waals surface area contributed by atoms with E-state index in [0.29, 0.717) is 12.1 Å². The molecular formula is C15H15ClFN3O3. The lowest BCUT2D eigenvalue weighted by Crippen LogP contribution is -2.35. The SMILES string of the molecule is CCc1[nH]nc(C(=O)NC(C(=O)OC)c2ccccc2F)c1Cl. The second kappa shape index (κ2) is 7.23. The van der Waals surface area contributed by atoms with E-state index in [1.807, 2.05) is 6.92 Å². The molecule has 6 nitrogen and oxygen atoms in total. The summed E-state index contributed by atoms with van der Waals surface area (Å²) in [5.41, 5.74) is 0.529. The van der Waals surface area contributed by atoms with Crippen LogP contribution in [0.2, 0.25) is 5.02 Å². The second-order valence-corrected chi connectivity index (χ2v) is 5.05. The fourth-order valence-electron chi connectivity index (χ4n) is 2.04. The number of benzene rings is 1. The van der Waals surface area contributed by atoms with Crippen LogP contribution in [0.4, 0.5) is 4.39 Å². The van der Waals surface area contributed by atoms with Crippen molar-refractivity contribution in [2.75, 3.05) is 7.11 Å². The molecule has 1 heterocycles. The molecule has 0 aliphatic heterocycles. The molecule has 23 heavy (non-hydrogen) atoms. The van der Waals surface area contributed by atoms with Crippen molar-refractivity contribution in [3.63, 3.8) is 0 Å². The van der Waals surface area contributed by atoms with Crippen molar-refractivity contribution in [1.29, 1.82) is 0 Å². The number of esters is 1. The summed E-state index contributed by atoms with van der Waals surface area (Å²) < 4.78 is 18.6. The van der Waals surface area contributed by atoms with Gasteiger partial charge in [-0.05, 0) is 12.5 Å². The Balaban J connectivity index is 2.31. The van der Waals surface area contributed by atoms with E-state index < -0.39 is 23.7 Å². The Labute approximate surface area is 137 Å². The molecule has 1 aromatic heterocycles. The van der Waals surface area contributed by atoms with Gasteiger partial charge in [0.05, 0.1) is 17.8 Å². The Hall–Kier alpha value is -2.41. The van der Waals surface area contributed by atoms with Crippen molar-refractivity contribution < 1.29 is 18.7 Å². The molecule has 2 rings (SSSR count). The minimum absolute atomic E-state index is 0.00456. The number of aryl methyl sites for hydroxylation is 1. The molecule has 1 unspecified atom stereocenters. The smallest absolute Gasteiger partial charge is 0.333 e. The number of rotatable bonds is 5. The van der Waals surface area contributed by atoms with Crippen LogP contribution in [0.15, 0.2) is 24.3 Å². The van der Waals surface area contributed by atoms with Crippen LogP contribution in [0, 0.1) is 5.82 Å². The first kappa shape index (κ1) is 17.0. The standard InChI is InChI=1S/C15H15ClFN3O3/c1-3-10-11(16)13(20-19-10)14(21)18-12(15(22)23-2)8-6-4-5-7-9(8)17/h4-7,12H,3H2,1-2H3,(H,18,21)(H,19,20). The number of halogens is 2. The Morgan fingerprint density at radius 2 is 2.13 bits per heavy atom. The first-order valence-corrected chi connectivity index (χ1v) is 7.23. The number of carbonyl (C=O) groups excluding carboxylic acids is 2. The van der Waals surface area contributed by atoms with Gasteiger partial charge >= 0.3 is 5.97 Å². The lowest BCUT2D eigenvalue weighted by molar-refractivity contribution is -0.143. The van der Waals surface area contributed by atoms with Gasteiger partial charge in [0, 0.05) is 5.56 Å². The van der Waals surface area contributed by atoms with Crippen molar-refractivity contribution in [2.24, 2.45) is 0 Å². The van der Waals surface area contributed by atoms with E-state index in [2.05, 4.69) is 20.3 Å². The van der Waals surface area contributed by atoms with Crippen molar-refractivity contribution in [2.45, 2.75) is 19.4 Å². The molecule has 1 atom stereocenters. The number of ether oxygens (including phenoxy) is 1. The number of nitrogens with zero attached hydrogens (tertiary/aromatic N) is 1. The van der Waals surface area contributed by atoms with Gasteiger partial charge in [-0.25, -0.2) is 9.18 Å². The number of aromatic amines is 1. The minimum Gasteiger partial charge on any atom is -0.467 e. The van der Waals surface area contributed by atoms with Gasteiger partial charge in [0.15, 0.2) is 11.7 Å². The van der Waals surface area contributed by atoms with E-state index in [1.54, 1.807) is 6.07 Å². The molecule has 0 bridgehead atoms. The summed E-state index contributed by atoms with van der Waals surface area (Å²) in [5.74, 6) is -2.14. The number of amides is 1. The van der Waals surface area contributed by atoms with Gasteiger partial charge in [0.25, 0.3) is 5.91 Å². The predicted molar refractivity (Wildman–Crippen MR) is 81.6 cm³/mol. The van der Waals surface area contributed by atoms with E-state index in [9.17, 15) is 14.0 Å². The maximum absolute atomic E-state index is 13.9. The zero-order valence-corrected chi connectivity index (χ0v) is 13.3. The maximum Gasteiger partial charge on any atom is 0.333 e. The quantitative estimate of drug-likeness (QED) is 0.819. The Bertz CT molecular complexity index is 733. The van der Waals surface area contributed by atoms with Crippen LogP contribution in [0.3, 0.4) is 0 Å². The van der Waals surface area contributed by atoms with Gasteiger partial charge in [-0.15, -0.1) is 0 Å². The van der Waals surface area contributed by atoms with Gasteiger partial charge < -0.3 is 10.1 Å². The summed E-state index contributed by atoms with van der Waals surface area (Å²) in [6, 6.07) is 4.31. The molecule has 0 aliphatic rings. The zero-order valence-electron chi connectivity index (χ0n) is 12.5. The fraction of sp³-hybridized carbons (Fsp3) is 0.267. The lowest BCUT2D eigenvalue weighted by atomic mass is 10.1. The number of methoxy groups -OCH3 is 1. The zero-order chi connectivity index (χ0) is 17.0. The normalized spacial score (nSPS) is 11.8. The highest BCUT2D eigenvalue weighted by Gasteiger charge is 2.28. The molecule has 0 radical (unpaired) electrons. The van der Waals surface area contributed by atoms with Gasteiger partial charge in [-0.3, -0.25) is 9.89 Å². The Morgan fingerprint density at radius 1 is 1.43 bits per heavy atom. The topological polar surface area (TPSA) is 84.1 Å². The lowest BCUT2D eigenvalue weighted by Gasteiger charge is -2.17. The van der Waals surface area contributed by atoms with E-state index in [-0.39, 0.29) is 16.3 Å². The molecule has 0 fully saturated rings. The number of aromatic nitrogens is 2. The summed E-state index contributed by atoms with van der Waals surface area (Å²) in [4.78, 5) is 24.2. The molecule has 1 aromatic carbocycles. The van der Waals surface area contributed by atoms with Gasteiger partial charge in [0.1, 0.15) is 5.82 Å². The van der Waals surface area contributed by atoms with Gasteiger partial charge in [-0.2, -0.15) is 5.10 Å². The minimum atomic E-state index is -1.30. The number of hydrogen-bond donors (Lipinski definition) is 2. The third kappa shape index (κ3) is 3.50. The van der Waals surface area contributed by atoms with Crippen LogP contribution >= 0.6 is 11.6 Å². The van der Waals surface area contributed by atoms with Crippen molar-refractivity contribution in [3.05, 3.63) is 52.1 Å². The van der Waals surface area contributed by atoms with Crippen LogP contribution in [0.1, 0.15) is 34.7 Å². The third-order valence-corrected chi connectivity index (χ3v) is 3.68. The summed E-state index contributed by atoms with van der Waals surface area (Å²) in [5, 5.41) is 9.03. The molecule has 2 aromatic rings.